The van der Waals surface area contributed by atoms with E-state index in [2.05, 4.69) is 4.98 Å². The van der Waals surface area contributed by atoms with Gasteiger partial charge >= 0.3 is 0 Å². The van der Waals surface area contributed by atoms with Gasteiger partial charge in [-0.1, -0.05) is 19.3 Å². The normalized spacial score (nSPS) is 16.9. The van der Waals surface area contributed by atoms with Gasteiger partial charge in [0.1, 0.15) is 17.2 Å². The van der Waals surface area contributed by atoms with Gasteiger partial charge in [0, 0.05) is 24.4 Å². The van der Waals surface area contributed by atoms with E-state index in [1.165, 1.54) is 12.5 Å². The van der Waals surface area contributed by atoms with E-state index >= 15 is 0 Å². The van der Waals surface area contributed by atoms with Gasteiger partial charge < -0.3 is 4.57 Å². The molecule has 0 unspecified atom stereocenters. The smallest absolute Gasteiger partial charge is 0.153 e. The molecule has 0 bridgehead atoms. The molecule has 0 saturated heterocycles. The van der Waals surface area contributed by atoms with Crippen LogP contribution in [-0.4, -0.2) is 15.4 Å². The van der Waals surface area contributed by atoms with Crippen molar-refractivity contribution in [3.8, 4) is 0 Å². The summed E-state index contributed by atoms with van der Waals surface area (Å²) in [6.45, 7) is 0. The number of alkyl halides is 1. The highest BCUT2D eigenvalue weighted by Crippen LogP contribution is 2.33. The molecule has 108 valence electrons. The van der Waals surface area contributed by atoms with Gasteiger partial charge in [-0.25, -0.2) is 13.8 Å². The first kappa shape index (κ1) is 13.8. The molecule has 3 rings (SSSR count). The molecule has 20 heavy (non-hydrogen) atoms. The number of aryl methyl sites for hydroxylation is 1. The Kier molecular flexibility index (Phi) is 3.92. The fourth-order valence-corrected chi connectivity index (χ4v) is 3.35. The van der Waals surface area contributed by atoms with Crippen LogP contribution in [0, 0.1) is 11.6 Å². The number of benzene rings is 1. The number of hydrogen-bond donors (Lipinski definition) is 0. The number of rotatable bonds is 3. The Morgan fingerprint density at radius 2 is 1.95 bits per heavy atom. The topological polar surface area (TPSA) is 17.8 Å². The quantitative estimate of drug-likeness (QED) is 0.757. The van der Waals surface area contributed by atoms with Crippen LogP contribution in [0.3, 0.4) is 0 Å². The maximum absolute atomic E-state index is 13.9. The third-order valence-corrected chi connectivity index (χ3v) is 4.23. The molecule has 0 aliphatic heterocycles. The molecule has 2 nitrogen and oxygen atoms in total. The fourth-order valence-electron chi connectivity index (χ4n) is 3.18. The number of imidazole rings is 1. The number of halogens is 3. The van der Waals surface area contributed by atoms with Gasteiger partial charge in [0.15, 0.2) is 5.82 Å². The van der Waals surface area contributed by atoms with Crippen LogP contribution in [0.25, 0.3) is 11.0 Å². The average Bonchev–Trinajstić information content (AvgIpc) is 2.79. The van der Waals surface area contributed by atoms with Gasteiger partial charge in [-0.15, -0.1) is 11.6 Å². The highest BCUT2D eigenvalue weighted by molar-refractivity contribution is 6.17. The molecule has 1 aromatic carbocycles. The van der Waals surface area contributed by atoms with Crippen molar-refractivity contribution in [3.05, 3.63) is 29.6 Å². The van der Waals surface area contributed by atoms with E-state index in [1.54, 1.807) is 0 Å². The number of fused-ring (bicyclic) bond motifs is 1. The Morgan fingerprint density at radius 3 is 2.65 bits per heavy atom. The Labute approximate surface area is 121 Å². The summed E-state index contributed by atoms with van der Waals surface area (Å²) in [5.74, 6) is 0.0568. The standard InChI is InChI=1S/C15H17ClF2N2/c16-7-6-14-19-15-12(18)8-10(17)9-13(15)20(14)11-4-2-1-3-5-11/h8-9,11H,1-7H2. The molecule has 1 aliphatic carbocycles. The molecule has 1 heterocycles. The van der Waals surface area contributed by atoms with E-state index in [1.807, 2.05) is 4.57 Å². The van der Waals surface area contributed by atoms with Crippen molar-refractivity contribution in [2.45, 2.75) is 44.6 Å². The van der Waals surface area contributed by atoms with Crippen molar-refractivity contribution in [2.24, 2.45) is 0 Å². The third kappa shape index (κ3) is 2.41. The molecular formula is C15H17ClF2N2. The second-order valence-electron chi connectivity index (χ2n) is 5.38. The van der Waals surface area contributed by atoms with E-state index in [-0.39, 0.29) is 11.6 Å². The van der Waals surface area contributed by atoms with E-state index in [0.29, 0.717) is 17.8 Å². The molecule has 1 aromatic heterocycles. The minimum absolute atomic E-state index is 0.261. The number of nitrogens with zero attached hydrogens (tertiary/aromatic N) is 2. The Bertz CT molecular complexity index is 618. The van der Waals surface area contributed by atoms with Crippen molar-refractivity contribution in [3.63, 3.8) is 0 Å². The van der Waals surface area contributed by atoms with E-state index in [0.717, 1.165) is 37.6 Å². The number of hydrogen-bond acceptors (Lipinski definition) is 1. The Balaban J connectivity index is 2.17. The van der Waals surface area contributed by atoms with Crippen LogP contribution in [-0.2, 0) is 6.42 Å². The van der Waals surface area contributed by atoms with Crippen molar-refractivity contribution in [2.75, 3.05) is 5.88 Å². The maximum atomic E-state index is 13.9. The van der Waals surface area contributed by atoms with E-state index in [4.69, 9.17) is 11.6 Å². The lowest BCUT2D eigenvalue weighted by Gasteiger charge is -2.25. The van der Waals surface area contributed by atoms with Crippen molar-refractivity contribution in [1.29, 1.82) is 0 Å². The van der Waals surface area contributed by atoms with E-state index in [9.17, 15) is 8.78 Å². The molecular weight excluding hydrogens is 282 g/mol. The average molecular weight is 299 g/mol. The van der Waals surface area contributed by atoms with Gasteiger partial charge in [-0.05, 0) is 18.9 Å². The second-order valence-corrected chi connectivity index (χ2v) is 5.76. The molecule has 0 N–H and O–H groups in total. The predicted molar refractivity (Wildman–Crippen MR) is 76.2 cm³/mol. The summed E-state index contributed by atoms with van der Waals surface area (Å²) in [5.41, 5.74) is 0.826. The van der Waals surface area contributed by atoms with Gasteiger partial charge in [0.05, 0.1) is 5.52 Å². The highest BCUT2D eigenvalue weighted by atomic mass is 35.5. The zero-order chi connectivity index (χ0) is 14.1. The van der Waals surface area contributed by atoms with Crippen molar-refractivity contribution in [1.82, 2.24) is 9.55 Å². The van der Waals surface area contributed by atoms with Crippen LogP contribution in [0.2, 0.25) is 0 Å². The summed E-state index contributed by atoms with van der Waals surface area (Å²) >= 11 is 5.82. The largest absolute Gasteiger partial charge is 0.325 e. The lowest BCUT2D eigenvalue weighted by atomic mass is 9.95. The Morgan fingerprint density at radius 1 is 1.20 bits per heavy atom. The molecule has 1 fully saturated rings. The van der Waals surface area contributed by atoms with Crippen LogP contribution in [0.5, 0.6) is 0 Å². The van der Waals surface area contributed by atoms with Crippen LogP contribution < -0.4 is 0 Å². The van der Waals surface area contributed by atoms with E-state index < -0.39 is 11.6 Å². The summed E-state index contributed by atoms with van der Waals surface area (Å²) in [7, 11) is 0. The maximum Gasteiger partial charge on any atom is 0.153 e. The lowest BCUT2D eigenvalue weighted by Crippen LogP contribution is -2.16. The first-order valence-electron chi connectivity index (χ1n) is 7.12. The van der Waals surface area contributed by atoms with Crippen LogP contribution in [0.15, 0.2) is 12.1 Å². The minimum atomic E-state index is -0.592. The van der Waals surface area contributed by atoms with Crippen molar-refractivity contribution < 1.29 is 8.78 Å². The molecule has 0 radical (unpaired) electrons. The van der Waals surface area contributed by atoms with Crippen molar-refractivity contribution >= 4 is 22.6 Å². The summed E-state index contributed by atoms with van der Waals surface area (Å²) in [6.07, 6.45) is 6.20. The summed E-state index contributed by atoms with van der Waals surface area (Å²) in [5, 5.41) is 0. The Hall–Kier alpha value is -1.16. The monoisotopic (exact) mass is 298 g/mol. The molecule has 0 spiro atoms. The van der Waals surface area contributed by atoms with Crippen LogP contribution in [0.4, 0.5) is 8.78 Å². The number of aromatic nitrogens is 2. The molecule has 0 atom stereocenters. The molecule has 5 heteroatoms. The SMILES string of the molecule is Fc1cc(F)c2nc(CCCl)n(C3CCCCC3)c2c1. The second kappa shape index (κ2) is 5.68. The summed E-state index contributed by atoms with van der Waals surface area (Å²) in [4.78, 5) is 4.36. The molecule has 1 saturated carbocycles. The fraction of sp³-hybridized carbons (Fsp3) is 0.533. The van der Waals surface area contributed by atoms with Gasteiger partial charge in [0.2, 0.25) is 0 Å². The zero-order valence-electron chi connectivity index (χ0n) is 11.2. The predicted octanol–water partition coefficient (Wildman–Crippen LogP) is 4.60. The summed E-state index contributed by atoms with van der Waals surface area (Å²) in [6, 6.07) is 2.57. The highest BCUT2D eigenvalue weighted by Gasteiger charge is 2.23. The zero-order valence-corrected chi connectivity index (χ0v) is 12.0. The van der Waals surface area contributed by atoms with Crippen LogP contribution >= 0.6 is 11.6 Å². The summed E-state index contributed by atoms with van der Waals surface area (Å²) < 4.78 is 29.4. The third-order valence-electron chi connectivity index (χ3n) is 4.04. The molecule has 0 amide bonds. The van der Waals surface area contributed by atoms with Gasteiger partial charge in [-0.3, -0.25) is 0 Å². The first-order chi connectivity index (χ1) is 9.70. The van der Waals surface area contributed by atoms with Gasteiger partial charge in [0.25, 0.3) is 0 Å². The lowest BCUT2D eigenvalue weighted by molar-refractivity contribution is 0.353. The molecule has 2 aromatic rings. The molecule has 1 aliphatic rings. The minimum Gasteiger partial charge on any atom is -0.325 e. The van der Waals surface area contributed by atoms with Gasteiger partial charge in [-0.2, -0.15) is 0 Å². The first-order valence-corrected chi connectivity index (χ1v) is 7.66. The van der Waals surface area contributed by atoms with Crippen LogP contribution in [0.1, 0.15) is 44.0 Å².